The number of hydrogen-bond donors (Lipinski definition) is 0. The van der Waals surface area contributed by atoms with Crippen LogP contribution < -0.4 is 0 Å². The van der Waals surface area contributed by atoms with Crippen LogP contribution in [0.1, 0.15) is 68.9 Å². The lowest BCUT2D eigenvalue weighted by Gasteiger charge is -2.36. The van der Waals surface area contributed by atoms with Gasteiger partial charge in [-0.2, -0.15) is 4.98 Å². The van der Waals surface area contributed by atoms with Crippen LogP contribution in [0.3, 0.4) is 0 Å². The first-order valence-electron chi connectivity index (χ1n) is 9.93. The molecule has 2 aromatic rings. The molecule has 1 saturated heterocycles. The van der Waals surface area contributed by atoms with Crippen LogP contribution in [0.15, 0.2) is 28.8 Å². The second-order valence-electron chi connectivity index (χ2n) is 7.70. The molecule has 1 saturated carbocycles. The predicted molar refractivity (Wildman–Crippen MR) is 99.4 cm³/mol. The third-order valence-electron chi connectivity index (χ3n) is 5.74. The minimum atomic E-state index is -0.0655. The molecule has 0 unspecified atom stereocenters. The largest absolute Gasteiger partial charge is 0.337 e. The highest BCUT2D eigenvalue weighted by atomic mass is 16.5. The van der Waals surface area contributed by atoms with Gasteiger partial charge in [0.25, 0.3) is 0 Å². The molecule has 138 valence electrons. The van der Waals surface area contributed by atoms with Crippen molar-refractivity contribution < 1.29 is 9.32 Å². The molecule has 0 spiro atoms. The summed E-state index contributed by atoms with van der Waals surface area (Å²) in [5.41, 5.74) is 2.13. The monoisotopic (exact) mass is 353 g/mol. The summed E-state index contributed by atoms with van der Waals surface area (Å²) in [7, 11) is 0. The fraction of sp³-hybridized carbons (Fsp3) is 0.571. The van der Waals surface area contributed by atoms with E-state index in [0.29, 0.717) is 17.6 Å². The molecule has 0 bridgehead atoms. The van der Waals surface area contributed by atoms with Crippen LogP contribution in [0.25, 0.3) is 11.4 Å². The number of aryl methyl sites for hydroxylation is 1. The first-order chi connectivity index (χ1) is 12.7. The van der Waals surface area contributed by atoms with Gasteiger partial charge in [-0.05, 0) is 45.1 Å². The number of benzene rings is 1. The van der Waals surface area contributed by atoms with Crippen LogP contribution in [0, 0.1) is 12.8 Å². The molecule has 1 aromatic heterocycles. The molecule has 2 fully saturated rings. The number of piperidine rings is 1. The van der Waals surface area contributed by atoms with E-state index in [-0.39, 0.29) is 12.0 Å². The highest BCUT2D eigenvalue weighted by Crippen LogP contribution is 2.35. The van der Waals surface area contributed by atoms with Gasteiger partial charge in [0, 0.05) is 18.0 Å². The van der Waals surface area contributed by atoms with Gasteiger partial charge >= 0.3 is 0 Å². The minimum Gasteiger partial charge on any atom is -0.337 e. The molecule has 2 heterocycles. The van der Waals surface area contributed by atoms with Gasteiger partial charge in [-0.15, -0.1) is 0 Å². The Morgan fingerprint density at radius 1 is 1.12 bits per heavy atom. The number of carbonyl (C=O) groups is 1. The minimum absolute atomic E-state index is 0.0655. The summed E-state index contributed by atoms with van der Waals surface area (Å²) >= 11 is 0. The van der Waals surface area contributed by atoms with Crippen molar-refractivity contribution in [1.82, 2.24) is 15.0 Å². The van der Waals surface area contributed by atoms with Crippen LogP contribution in [0.5, 0.6) is 0 Å². The van der Waals surface area contributed by atoms with Crippen LogP contribution in [0.2, 0.25) is 0 Å². The van der Waals surface area contributed by atoms with Crippen molar-refractivity contribution in [3.8, 4) is 11.4 Å². The Bertz CT molecular complexity index is 764. The molecule has 1 atom stereocenters. The summed E-state index contributed by atoms with van der Waals surface area (Å²) in [4.78, 5) is 19.8. The number of rotatable bonds is 3. The Morgan fingerprint density at radius 3 is 2.73 bits per heavy atom. The Kier molecular flexibility index (Phi) is 5.05. The fourth-order valence-electron chi connectivity index (χ4n) is 4.31. The highest BCUT2D eigenvalue weighted by Gasteiger charge is 2.35. The average molecular weight is 353 g/mol. The molecule has 0 radical (unpaired) electrons. The summed E-state index contributed by atoms with van der Waals surface area (Å²) in [6.07, 6.45) is 8.74. The lowest BCUT2D eigenvalue weighted by atomic mass is 9.87. The van der Waals surface area contributed by atoms with Gasteiger partial charge in [-0.25, -0.2) is 0 Å². The lowest BCUT2D eigenvalue weighted by molar-refractivity contribution is -0.141. The summed E-state index contributed by atoms with van der Waals surface area (Å²) in [5, 5.41) is 4.18. The third-order valence-corrected chi connectivity index (χ3v) is 5.74. The molecule has 1 aliphatic carbocycles. The third kappa shape index (κ3) is 3.53. The molecule has 1 aliphatic heterocycles. The quantitative estimate of drug-likeness (QED) is 0.804. The van der Waals surface area contributed by atoms with Crippen LogP contribution in [-0.4, -0.2) is 27.5 Å². The van der Waals surface area contributed by atoms with Crippen molar-refractivity contribution in [2.24, 2.45) is 5.92 Å². The first-order valence-corrected chi connectivity index (χ1v) is 9.93. The number of hydrogen-bond acceptors (Lipinski definition) is 4. The fourth-order valence-corrected chi connectivity index (χ4v) is 4.31. The second-order valence-corrected chi connectivity index (χ2v) is 7.70. The number of likely N-dealkylation sites (tertiary alicyclic amines) is 1. The van der Waals surface area contributed by atoms with E-state index in [2.05, 4.69) is 29.2 Å². The van der Waals surface area contributed by atoms with Crippen molar-refractivity contribution in [3.63, 3.8) is 0 Å². The summed E-state index contributed by atoms with van der Waals surface area (Å²) in [6, 6.07) is 8.04. The number of aromatic nitrogens is 2. The van der Waals surface area contributed by atoms with Gasteiger partial charge in [-0.3, -0.25) is 4.79 Å². The van der Waals surface area contributed by atoms with Crippen molar-refractivity contribution >= 4 is 5.91 Å². The smallest absolute Gasteiger partial charge is 0.249 e. The van der Waals surface area contributed by atoms with Gasteiger partial charge in [-0.1, -0.05) is 48.2 Å². The van der Waals surface area contributed by atoms with Crippen LogP contribution in [0.4, 0.5) is 0 Å². The van der Waals surface area contributed by atoms with Crippen LogP contribution >= 0.6 is 0 Å². The van der Waals surface area contributed by atoms with Gasteiger partial charge < -0.3 is 9.42 Å². The van der Waals surface area contributed by atoms with Gasteiger partial charge in [0.15, 0.2) is 0 Å². The molecule has 26 heavy (non-hydrogen) atoms. The predicted octanol–water partition coefficient (Wildman–Crippen LogP) is 4.68. The number of amides is 1. The molecule has 2 aliphatic rings. The van der Waals surface area contributed by atoms with E-state index >= 15 is 0 Å². The van der Waals surface area contributed by atoms with E-state index in [1.165, 1.54) is 24.8 Å². The molecule has 1 amide bonds. The normalized spacial score (nSPS) is 21.7. The summed E-state index contributed by atoms with van der Waals surface area (Å²) < 4.78 is 5.61. The van der Waals surface area contributed by atoms with Crippen molar-refractivity contribution in [2.75, 3.05) is 6.54 Å². The van der Waals surface area contributed by atoms with E-state index in [1.807, 2.05) is 17.0 Å². The summed E-state index contributed by atoms with van der Waals surface area (Å²) in [5.74, 6) is 1.68. The van der Waals surface area contributed by atoms with E-state index in [0.717, 1.165) is 44.2 Å². The Morgan fingerprint density at radius 2 is 1.92 bits per heavy atom. The van der Waals surface area contributed by atoms with Crippen LogP contribution in [-0.2, 0) is 4.79 Å². The molecule has 5 heteroatoms. The van der Waals surface area contributed by atoms with Crippen molar-refractivity contribution in [2.45, 2.75) is 64.3 Å². The zero-order valence-electron chi connectivity index (χ0n) is 15.5. The average Bonchev–Trinajstić information content (AvgIpc) is 3.18. The van der Waals surface area contributed by atoms with E-state index in [4.69, 9.17) is 4.52 Å². The molecule has 0 N–H and O–H groups in total. The Labute approximate surface area is 154 Å². The Balaban J connectivity index is 1.55. The maximum Gasteiger partial charge on any atom is 0.249 e. The Hall–Kier alpha value is -2.17. The van der Waals surface area contributed by atoms with Crippen molar-refractivity contribution in [3.05, 3.63) is 35.7 Å². The zero-order valence-corrected chi connectivity index (χ0v) is 15.5. The van der Waals surface area contributed by atoms with Gasteiger partial charge in [0.2, 0.25) is 17.6 Å². The molecule has 4 rings (SSSR count). The topological polar surface area (TPSA) is 59.2 Å². The molecular formula is C21H27N3O2. The number of nitrogens with zero attached hydrogens (tertiary/aromatic N) is 3. The van der Waals surface area contributed by atoms with Crippen molar-refractivity contribution in [1.29, 1.82) is 0 Å². The molecule has 5 nitrogen and oxygen atoms in total. The lowest BCUT2D eigenvalue weighted by Crippen LogP contribution is -2.42. The standard InChI is InChI=1S/C21H27N3O2/c1-15-8-7-11-17(14-15)19-22-20(26-23-19)18-12-5-6-13-24(18)21(25)16-9-3-2-4-10-16/h7-8,11,14,16,18H,2-6,9-10,12-13H2,1H3/t18-/m1/s1. The summed E-state index contributed by atoms with van der Waals surface area (Å²) in [6.45, 7) is 2.86. The molecule has 1 aromatic carbocycles. The van der Waals surface area contributed by atoms with Gasteiger partial charge in [0.1, 0.15) is 6.04 Å². The second kappa shape index (κ2) is 7.60. The van der Waals surface area contributed by atoms with E-state index in [9.17, 15) is 4.79 Å². The zero-order chi connectivity index (χ0) is 17.9. The van der Waals surface area contributed by atoms with E-state index in [1.54, 1.807) is 0 Å². The first kappa shape index (κ1) is 17.3. The van der Waals surface area contributed by atoms with Gasteiger partial charge in [0.05, 0.1) is 0 Å². The maximum atomic E-state index is 13.1. The maximum absolute atomic E-state index is 13.1. The SMILES string of the molecule is Cc1cccc(-c2noc([C@H]3CCCCN3C(=O)C3CCCCC3)n2)c1. The highest BCUT2D eigenvalue weighted by molar-refractivity contribution is 5.79. The number of carbonyl (C=O) groups excluding carboxylic acids is 1. The molecular weight excluding hydrogens is 326 g/mol. The van der Waals surface area contributed by atoms with E-state index < -0.39 is 0 Å².